The minimum Gasteiger partial charge on any atom is -0.385 e. The molecule has 2 aromatic rings. The second kappa shape index (κ2) is 7.66. The second-order valence-electron chi connectivity index (χ2n) is 5.16. The van der Waals surface area contributed by atoms with E-state index in [-0.39, 0.29) is 5.91 Å². The van der Waals surface area contributed by atoms with Crippen molar-refractivity contribution >= 4 is 5.91 Å². The van der Waals surface area contributed by atoms with Gasteiger partial charge in [-0.3, -0.25) is 4.79 Å². The molecule has 0 radical (unpaired) electrons. The zero-order chi connectivity index (χ0) is 15.9. The highest BCUT2D eigenvalue weighted by atomic mass is 16.5. The van der Waals surface area contributed by atoms with Crippen LogP contribution in [0.4, 0.5) is 0 Å². The van der Waals surface area contributed by atoms with E-state index in [1.165, 1.54) is 5.56 Å². The molecule has 1 N–H and O–H groups in total. The van der Waals surface area contributed by atoms with Crippen molar-refractivity contribution in [2.24, 2.45) is 0 Å². The van der Waals surface area contributed by atoms with Crippen LogP contribution in [0.25, 0.3) is 11.4 Å². The van der Waals surface area contributed by atoms with Gasteiger partial charge in [0, 0.05) is 32.0 Å². The molecule has 0 spiro atoms. The van der Waals surface area contributed by atoms with Crippen LogP contribution < -0.4 is 5.32 Å². The van der Waals surface area contributed by atoms with Crippen molar-refractivity contribution in [3.05, 3.63) is 47.3 Å². The van der Waals surface area contributed by atoms with Gasteiger partial charge in [-0.1, -0.05) is 29.8 Å². The van der Waals surface area contributed by atoms with E-state index in [4.69, 9.17) is 4.74 Å². The van der Waals surface area contributed by atoms with Crippen LogP contribution in [0, 0.1) is 13.8 Å². The van der Waals surface area contributed by atoms with Gasteiger partial charge in [-0.2, -0.15) is 0 Å². The van der Waals surface area contributed by atoms with E-state index in [9.17, 15) is 4.79 Å². The lowest BCUT2D eigenvalue weighted by atomic mass is 10.1. The second-order valence-corrected chi connectivity index (χ2v) is 5.16. The van der Waals surface area contributed by atoms with Gasteiger partial charge in [0.2, 0.25) is 0 Å². The summed E-state index contributed by atoms with van der Waals surface area (Å²) < 4.78 is 4.95. The number of aromatic nitrogens is 2. The molecule has 0 bridgehead atoms. The van der Waals surface area contributed by atoms with E-state index in [2.05, 4.69) is 15.3 Å². The Hall–Kier alpha value is -2.27. The maximum absolute atomic E-state index is 12.1. The number of rotatable bonds is 6. The van der Waals surface area contributed by atoms with Gasteiger partial charge < -0.3 is 10.1 Å². The molecule has 1 amide bonds. The molecular weight excluding hydrogens is 278 g/mol. The van der Waals surface area contributed by atoms with Crippen molar-refractivity contribution in [3.63, 3.8) is 0 Å². The lowest BCUT2D eigenvalue weighted by Gasteiger charge is -2.08. The Bertz CT molecular complexity index is 639. The Labute approximate surface area is 130 Å². The van der Waals surface area contributed by atoms with E-state index < -0.39 is 0 Å². The summed E-state index contributed by atoms with van der Waals surface area (Å²) in [5, 5.41) is 2.84. The smallest absolute Gasteiger partial charge is 0.254 e. The van der Waals surface area contributed by atoms with Crippen molar-refractivity contribution in [1.29, 1.82) is 0 Å². The number of benzene rings is 1. The Kier molecular flexibility index (Phi) is 5.61. The van der Waals surface area contributed by atoms with Crippen molar-refractivity contribution < 1.29 is 9.53 Å². The van der Waals surface area contributed by atoms with Crippen LogP contribution in [0.1, 0.15) is 28.0 Å². The third-order valence-electron chi connectivity index (χ3n) is 3.34. The molecule has 22 heavy (non-hydrogen) atoms. The van der Waals surface area contributed by atoms with Gasteiger partial charge >= 0.3 is 0 Å². The number of nitrogens with zero attached hydrogens (tertiary/aromatic N) is 2. The number of carbonyl (C=O) groups excluding carboxylic acids is 1. The van der Waals surface area contributed by atoms with Crippen LogP contribution in [0.5, 0.6) is 0 Å². The molecule has 0 saturated heterocycles. The fourth-order valence-corrected chi connectivity index (χ4v) is 2.05. The Morgan fingerprint density at radius 3 is 2.59 bits per heavy atom. The van der Waals surface area contributed by atoms with E-state index in [1.807, 2.05) is 38.1 Å². The third-order valence-corrected chi connectivity index (χ3v) is 3.34. The van der Waals surface area contributed by atoms with Gasteiger partial charge in [0.05, 0.1) is 11.3 Å². The number of aryl methyl sites for hydroxylation is 2. The first-order valence-corrected chi connectivity index (χ1v) is 7.29. The first-order chi connectivity index (χ1) is 10.6. The van der Waals surface area contributed by atoms with Crippen LogP contribution in [-0.2, 0) is 4.74 Å². The Morgan fingerprint density at radius 2 is 1.95 bits per heavy atom. The van der Waals surface area contributed by atoms with Gasteiger partial charge in [-0.15, -0.1) is 0 Å². The monoisotopic (exact) mass is 299 g/mol. The number of hydrogen-bond acceptors (Lipinski definition) is 4. The van der Waals surface area contributed by atoms with Crippen molar-refractivity contribution in [2.75, 3.05) is 20.3 Å². The number of carbonyl (C=O) groups is 1. The van der Waals surface area contributed by atoms with Crippen molar-refractivity contribution in [3.8, 4) is 11.4 Å². The Morgan fingerprint density at radius 1 is 1.23 bits per heavy atom. The highest BCUT2D eigenvalue weighted by molar-refractivity contribution is 5.95. The quantitative estimate of drug-likeness (QED) is 0.833. The molecule has 1 aromatic heterocycles. The molecule has 0 fully saturated rings. The van der Waals surface area contributed by atoms with Crippen LogP contribution in [0.3, 0.4) is 0 Å². The molecule has 5 heteroatoms. The van der Waals surface area contributed by atoms with Gasteiger partial charge in [0.25, 0.3) is 5.91 Å². The number of amides is 1. The molecule has 1 heterocycles. The molecule has 0 atom stereocenters. The molecule has 0 aliphatic rings. The van der Waals surface area contributed by atoms with Crippen LogP contribution in [-0.4, -0.2) is 36.1 Å². The van der Waals surface area contributed by atoms with Crippen LogP contribution in [0.2, 0.25) is 0 Å². The lowest BCUT2D eigenvalue weighted by Crippen LogP contribution is -2.26. The molecule has 0 saturated carbocycles. The van der Waals surface area contributed by atoms with Gasteiger partial charge in [0.1, 0.15) is 0 Å². The highest BCUT2D eigenvalue weighted by Gasteiger charge is 2.12. The number of hydrogen-bond donors (Lipinski definition) is 1. The zero-order valence-corrected chi connectivity index (χ0v) is 13.2. The maximum Gasteiger partial charge on any atom is 0.254 e. The van der Waals surface area contributed by atoms with Crippen LogP contribution >= 0.6 is 0 Å². The van der Waals surface area contributed by atoms with Crippen molar-refractivity contribution in [2.45, 2.75) is 20.3 Å². The van der Waals surface area contributed by atoms with E-state index in [1.54, 1.807) is 13.3 Å². The Balaban J connectivity index is 2.09. The van der Waals surface area contributed by atoms with Crippen LogP contribution in [0.15, 0.2) is 30.5 Å². The fraction of sp³-hybridized carbons (Fsp3) is 0.353. The van der Waals surface area contributed by atoms with E-state index in [0.29, 0.717) is 30.2 Å². The molecule has 0 aliphatic carbocycles. The molecular formula is C17H21N3O2. The molecule has 116 valence electrons. The fourth-order valence-electron chi connectivity index (χ4n) is 2.05. The molecule has 0 unspecified atom stereocenters. The average molecular weight is 299 g/mol. The molecule has 1 aromatic carbocycles. The summed E-state index contributed by atoms with van der Waals surface area (Å²) in [6, 6.07) is 8.00. The first kappa shape index (κ1) is 16.1. The SMILES string of the molecule is COCCCNC(=O)c1cnc(-c2ccc(C)cc2)nc1C. The summed E-state index contributed by atoms with van der Waals surface area (Å²) in [7, 11) is 1.64. The topological polar surface area (TPSA) is 64.1 Å². The summed E-state index contributed by atoms with van der Waals surface area (Å²) in [6.45, 7) is 5.06. The number of methoxy groups -OCH3 is 1. The summed E-state index contributed by atoms with van der Waals surface area (Å²) >= 11 is 0. The molecule has 0 aliphatic heterocycles. The van der Waals surface area contributed by atoms with E-state index >= 15 is 0 Å². The van der Waals surface area contributed by atoms with Crippen molar-refractivity contribution in [1.82, 2.24) is 15.3 Å². The maximum atomic E-state index is 12.1. The summed E-state index contributed by atoms with van der Waals surface area (Å²) in [4.78, 5) is 20.8. The van der Waals surface area contributed by atoms with E-state index in [0.717, 1.165) is 12.0 Å². The summed E-state index contributed by atoms with van der Waals surface area (Å²) in [6.07, 6.45) is 2.37. The normalized spacial score (nSPS) is 10.5. The summed E-state index contributed by atoms with van der Waals surface area (Å²) in [5.41, 5.74) is 3.32. The predicted molar refractivity (Wildman–Crippen MR) is 85.8 cm³/mol. The average Bonchev–Trinajstić information content (AvgIpc) is 2.52. The molecule has 2 rings (SSSR count). The zero-order valence-electron chi connectivity index (χ0n) is 13.2. The minimum atomic E-state index is -0.149. The van der Waals surface area contributed by atoms with Gasteiger partial charge in [0.15, 0.2) is 5.82 Å². The lowest BCUT2D eigenvalue weighted by molar-refractivity contribution is 0.0947. The predicted octanol–water partition coefficient (Wildman–Crippen LogP) is 2.53. The standard InChI is InChI=1S/C17H21N3O2/c1-12-5-7-14(8-6-12)16-19-11-15(13(2)20-16)17(21)18-9-4-10-22-3/h5-8,11H,4,9-10H2,1-3H3,(H,18,21). The largest absolute Gasteiger partial charge is 0.385 e. The molecule has 5 nitrogen and oxygen atoms in total. The summed E-state index contributed by atoms with van der Waals surface area (Å²) in [5.74, 6) is 0.484. The number of ether oxygens (including phenoxy) is 1. The first-order valence-electron chi connectivity index (χ1n) is 7.29. The number of nitrogens with one attached hydrogen (secondary N) is 1. The third kappa shape index (κ3) is 4.11. The van der Waals surface area contributed by atoms with Gasteiger partial charge in [-0.25, -0.2) is 9.97 Å². The highest BCUT2D eigenvalue weighted by Crippen LogP contribution is 2.16. The minimum absolute atomic E-state index is 0.149. The van der Waals surface area contributed by atoms with Gasteiger partial charge in [-0.05, 0) is 20.3 Å².